The summed E-state index contributed by atoms with van der Waals surface area (Å²) >= 11 is 0. The monoisotopic (exact) mass is 284 g/mol. The maximum absolute atomic E-state index is 6.15. The summed E-state index contributed by atoms with van der Waals surface area (Å²) in [5, 5.41) is 3.35. The number of hydrogen-bond acceptors (Lipinski definition) is 5. The summed E-state index contributed by atoms with van der Waals surface area (Å²) < 4.78 is 6.15. The summed E-state index contributed by atoms with van der Waals surface area (Å²) in [6.07, 6.45) is 2.78. The van der Waals surface area contributed by atoms with Crippen molar-refractivity contribution < 1.29 is 4.74 Å². The van der Waals surface area contributed by atoms with Crippen molar-refractivity contribution in [3.63, 3.8) is 0 Å². The molecule has 3 aliphatic rings. The number of benzene rings is 1. The van der Waals surface area contributed by atoms with Crippen LogP contribution in [0.2, 0.25) is 0 Å². The van der Waals surface area contributed by atoms with Crippen LogP contribution in [0.15, 0.2) is 28.2 Å². The van der Waals surface area contributed by atoms with E-state index in [1.165, 1.54) is 11.1 Å². The smallest absolute Gasteiger partial charge is 0.182 e. The van der Waals surface area contributed by atoms with Crippen LogP contribution in [0.4, 0.5) is 0 Å². The molecule has 1 aromatic carbocycles. The van der Waals surface area contributed by atoms with Crippen LogP contribution in [0.5, 0.6) is 5.75 Å². The summed E-state index contributed by atoms with van der Waals surface area (Å²) in [6, 6.07) is 6.91. The minimum atomic E-state index is -0.0672. The zero-order chi connectivity index (χ0) is 14.4. The molecular formula is C16H20N4O. The summed E-state index contributed by atoms with van der Waals surface area (Å²) in [5.41, 5.74) is 2.43. The van der Waals surface area contributed by atoms with E-state index in [0.29, 0.717) is 6.04 Å². The van der Waals surface area contributed by atoms with Crippen molar-refractivity contribution >= 4 is 12.2 Å². The molecule has 3 atom stereocenters. The second kappa shape index (κ2) is 4.84. The van der Waals surface area contributed by atoms with Crippen LogP contribution in [0, 0.1) is 6.92 Å². The lowest BCUT2D eigenvalue weighted by atomic mass is 10.0. The molecule has 3 heterocycles. The Balaban J connectivity index is 1.62. The van der Waals surface area contributed by atoms with Gasteiger partial charge in [-0.05, 0) is 26.5 Å². The molecule has 0 amide bonds. The van der Waals surface area contributed by atoms with E-state index in [1.807, 2.05) is 7.05 Å². The molecule has 3 unspecified atom stereocenters. The van der Waals surface area contributed by atoms with Gasteiger partial charge in [0, 0.05) is 24.7 Å². The number of nitrogens with zero attached hydrogens (tertiary/aromatic N) is 3. The molecule has 0 saturated carbocycles. The van der Waals surface area contributed by atoms with Gasteiger partial charge in [-0.1, -0.05) is 17.7 Å². The van der Waals surface area contributed by atoms with E-state index >= 15 is 0 Å². The molecule has 5 heteroatoms. The Labute approximate surface area is 124 Å². The lowest BCUT2D eigenvalue weighted by Crippen LogP contribution is -2.44. The molecule has 0 spiro atoms. The maximum atomic E-state index is 6.15. The molecule has 0 aliphatic carbocycles. The average Bonchev–Trinajstić information content (AvgIpc) is 3.11. The van der Waals surface area contributed by atoms with Crippen molar-refractivity contribution in [3.05, 3.63) is 29.3 Å². The Kier molecular flexibility index (Phi) is 2.96. The lowest BCUT2D eigenvalue weighted by Gasteiger charge is -2.28. The first kappa shape index (κ1) is 12.8. The Hall–Kier alpha value is -1.88. The summed E-state index contributed by atoms with van der Waals surface area (Å²) in [7, 11) is 2.02. The van der Waals surface area contributed by atoms with Gasteiger partial charge in [0.2, 0.25) is 0 Å². The van der Waals surface area contributed by atoms with Gasteiger partial charge in [0.1, 0.15) is 24.0 Å². The van der Waals surface area contributed by atoms with Gasteiger partial charge in [0.25, 0.3) is 0 Å². The summed E-state index contributed by atoms with van der Waals surface area (Å²) in [5.74, 6) is 1.98. The number of likely N-dealkylation sites (N-methyl/N-ethyl adjacent to an activating group) is 1. The lowest BCUT2D eigenvalue weighted by molar-refractivity contribution is 0.253. The van der Waals surface area contributed by atoms with Crippen molar-refractivity contribution in [1.82, 2.24) is 10.2 Å². The minimum Gasteiger partial charge on any atom is -0.479 e. The number of ether oxygens (including phenoxy) is 1. The highest BCUT2D eigenvalue weighted by atomic mass is 16.5. The van der Waals surface area contributed by atoms with Crippen molar-refractivity contribution in [1.29, 1.82) is 0 Å². The highest BCUT2D eigenvalue weighted by Gasteiger charge is 2.42. The molecule has 110 valence electrons. The predicted octanol–water partition coefficient (Wildman–Crippen LogP) is 1.53. The fourth-order valence-electron chi connectivity index (χ4n) is 3.43. The molecule has 1 fully saturated rings. The Bertz CT molecular complexity index is 625. The van der Waals surface area contributed by atoms with E-state index in [1.54, 1.807) is 6.34 Å². The van der Waals surface area contributed by atoms with Crippen LogP contribution in [0.25, 0.3) is 0 Å². The van der Waals surface area contributed by atoms with Gasteiger partial charge in [-0.15, -0.1) is 0 Å². The van der Waals surface area contributed by atoms with Crippen molar-refractivity contribution in [2.75, 3.05) is 20.1 Å². The number of fused-ring (bicyclic) bond motifs is 3. The second-order valence-electron chi connectivity index (χ2n) is 6.00. The molecule has 21 heavy (non-hydrogen) atoms. The second-order valence-corrected chi connectivity index (χ2v) is 6.00. The maximum Gasteiger partial charge on any atom is 0.182 e. The molecule has 1 aromatic rings. The van der Waals surface area contributed by atoms with Crippen molar-refractivity contribution in [3.8, 4) is 5.75 Å². The van der Waals surface area contributed by atoms with Crippen molar-refractivity contribution in [2.45, 2.75) is 31.5 Å². The third-order valence-corrected chi connectivity index (χ3v) is 4.62. The van der Waals surface area contributed by atoms with Gasteiger partial charge in [-0.25, -0.2) is 4.99 Å². The highest BCUT2D eigenvalue weighted by Crippen LogP contribution is 2.41. The molecule has 3 aliphatic heterocycles. The van der Waals surface area contributed by atoms with Gasteiger partial charge in [-0.3, -0.25) is 4.99 Å². The summed E-state index contributed by atoms with van der Waals surface area (Å²) in [4.78, 5) is 11.4. The highest BCUT2D eigenvalue weighted by molar-refractivity contribution is 5.96. The number of hydrogen-bond donors (Lipinski definition) is 1. The third kappa shape index (κ3) is 2.03. The molecule has 1 N–H and O–H groups in total. The first-order chi connectivity index (χ1) is 10.3. The van der Waals surface area contributed by atoms with Gasteiger partial charge in [0.15, 0.2) is 6.10 Å². The quantitative estimate of drug-likeness (QED) is 0.851. The Morgan fingerprint density at radius 2 is 2.29 bits per heavy atom. The van der Waals surface area contributed by atoms with E-state index in [0.717, 1.165) is 31.1 Å². The first-order valence-corrected chi connectivity index (χ1v) is 7.55. The van der Waals surface area contributed by atoms with Crippen molar-refractivity contribution in [2.24, 2.45) is 9.98 Å². The average molecular weight is 284 g/mol. The molecular weight excluding hydrogens is 264 g/mol. The topological polar surface area (TPSA) is 49.2 Å². The number of aliphatic imine (C=N–C) groups is 2. The van der Waals surface area contributed by atoms with Crippen LogP contribution in [-0.4, -0.2) is 49.4 Å². The van der Waals surface area contributed by atoms with Gasteiger partial charge in [-0.2, -0.15) is 0 Å². The minimum absolute atomic E-state index is 0.0565. The number of rotatable bonds is 1. The van der Waals surface area contributed by atoms with Gasteiger partial charge >= 0.3 is 0 Å². The Morgan fingerprint density at radius 3 is 3.10 bits per heavy atom. The van der Waals surface area contributed by atoms with E-state index in [9.17, 15) is 0 Å². The SMILES string of the molecule is CNC1CCN(C2=NC=NC3c4cc(C)ccc4OC23)C1. The number of likely N-dealkylation sites (tertiary alicyclic amines) is 1. The van der Waals surface area contributed by atoms with Crippen LogP contribution in [-0.2, 0) is 0 Å². The van der Waals surface area contributed by atoms with Crippen LogP contribution in [0.3, 0.4) is 0 Å². The molecule has 5 nitrogen and oxygen atoms in total. The summed E-state index contributed by atoms with van der Waals surface area (Å²) in [6.45, 7) is 4.12. The van der Waals surface area contributed by atoms with E-state index in [2.05, 4.69) is 45.3 Å². The van der Waals surface area contributed by atoms with Crippen LogP contribution in [0.1, 0.15) is 23.6 Å². The molecule has 0 radical (unpaired) electrons. The molecule has 1 saturated heterocycles. The number of nitrogens with one attached hydrogen (secondary N) is 1. The molecule has 0 bridgehead atoms. The van der Waals surface area contributed by atoms with Gasteiger partial charge in [0.05, 0.1) is 0 Å². The largest absolute Gasteiger partial charge is 0.479 e. The predicted molar refractivity (Wildman–Crippen MR) is 83.3 cm³/mol. The van der Waals surface area contributed by atoms with Gasteiger partial charge < -0.3 is 15.0 Å². The number of aryl methyl sites for hydroxylation is 1. The fraction of sp³-hybridized carbons (Fsp3) is 0.500. The van der Waals surface area contributed by atoms with E-state index in [4.69, 9.17) is 4.74 Å². The molecule has 4 rings (SSSR count). The third-order valence-electron chi connectivity index (χ3n) is 4.62. The van der Waals surface area contributed by atoms with E-state index in [-0.39, 0.29) is 12.1 Å². The van der Waals surface area contributed by atoms with Crippen LogP contribution >= 0.6 is 0 Å². The standard InChI is InChI=1S/C16H20N4O/c1-10-3-4-13-12(7-10)14-15(21-13)16(19-9-18-14)20-6-5-11(8-20)17-2/h3-4,7,9,11,14-15,17H,5-6,8H2,1-2H3. The Morgan fingerprint density at radius 1 is 1.38 bits per heavy atom. The normalized spacial score (nSPS) is 29.9. The zero-order valence-corrected chi connectivity index (χ0v) is 12.4. The first-order valence-electron chi connectivity index (χ1n) is 7.55. The van der Waals surface area contributed by atoms with E-state index < -0.39 is 0 Å². The zero-order valence-electron chi connectivity index (χ0n) is 12.4. The molecule has 0 aromatic heterocycles. The number of amidine groups is 1. The fourth-order valence-corrected chi connectivity index (χ4v) is 3.43. The van der Waals surface area contributed by atoms with Crippen LogP contribution < -0.4 is 10.1 Å².